The molecule has 2 aromatic heterocycles. The normalized spacial score (nSPS) is 15.2. The van der Waals surface area contributed by atoms with Gasteiger partial charge in [0, 0.05) is 29.7 Å². The zero-order chi connectivity index (χ0) is 55.4. The fourth-order valence-electron chi connectivity index (χ4n) is 8.65. The van der Waals surface area contributed by atoms with Crippen molar-refractivity contribution >= 4 is 11.0 Å². The molecule has 8 rings (SSSR count). The van der Waals surface area contributed by atoms with Crippen molar-refractivity contribution in [3.8, 4) is 67.5 Å². The number of imidazole rings is 1. The van der Waals surface area contributed by atoms with Crippen LogP contribution in [-0.2, 0) is 16.2 Å². The zero-order valence-corrected chi connectivity index (χ0v) is 40.1. The van der Waals surface area contributed by atoms with Crippen LogP contribution in [0, 0.1) is 6.85 Å². The molecule has 0 spiro atoms. The summed E-state index contributed by atoms with van der Waals surface area (Å²) in [6, 6.07) is 28.2. The molecule has 1 N–H and O–H groups in total. The molecule has 2 heterocycles. The number of nitrogens with zero attached hydrogens (tertiary/aromatic N) is 3. The number of phenols is 1. The fourth-order valence-corrected chi connectivity index (χ4v) is 8.65. The minimum Gasteiger partial charge on any atom is -0.507 e. The molecule has 0 saturated carbocycles. The first-order chi connectivity index (χ1) is 34.5. The Morgan fingerprint density at radius 1 is 0.615 bits per heavy atom. The van der Waals surface area contributed by atoms with Crippen LogP contribution in [0.4, 0.5) is 0 Å². The molecule has 0 bridgehead atoms. The quantitative estimate of drug-likeness (QED) is 0.166. The third-order valence-electron chi connectivity index (χ3n) is 12.3. The summed E-state index contributed by atoms with van der Waals surface area (Å²) in [6.45, 7) is 23.2. The van der Waals surface area contributed by atoms with Gasteiger partial charge in [-0.25, -0.2) is 4.98 Å². The Balaban J connectivity index is 1.48. The van der Waals surface area contributed by atoms with Gasteiger partial charge in [0.25, 0.3) is 0 Å². The molecule has 0 atom stereocenters. The lowest BCUT2D eigenvalue weighted by molar-refractivity contribution is 0.446. The van der Waals surface area contributed by atoms with Crippen LogP contribution >= 0.6 is 0 Å². The first kappa shape index (κ1) is 34.1. The Kier molecular flexibility index (Phi) is 8.90. The number of hydrogen-bond donors (Lipinski definition) is 1. The largest absolute Gasteiger partial charge is 0.507 e. The Bertz CT molecular complexity index is 3510. The number of aryl methyl sites for hydroxylation is 1. The molecule has 0 fully saturated rings. The van der Waals surface area contributed by atoms with Crippen molar-refractivity contribution in [3.63, 3.8) is 0 Å². The average molecular weight is 868 g/mol. The van der Waals surface area contributed by atoms with E-state index in [4.69, 9.17) is 16.8 Å². The van der Waals surface area contributed by atoms with Gasteiger partial charge in [-0.2, -0.15) is 0 Å². The van der Waals surface area contributed by atoms with Crippen molar-refractivity contribution < 1.29 is 18.8 Å². The molecule has 0 saturated heterocycles. The number of pyridine rings is 1. The Labute approximate surface area is 402 Å². The molecule has 4 nitrogen and oxygen atoms in total. The van der Waals surface area contributed by atoms with Crippen LogP contribution in [0.15, 0.2) is 133 Å². The van der Waals surface area contributed by atoms with E-state index in [2.05, 4.69) is 47.6 Å². The molecule has 6 aromatic carbocycles. The summed E-state index contributed by atoms with van der Waals surface area (Å²) in [6.07, 6.45) is 1.57. The van der Waals surface area contributed by atoms with E-state index in [1.807, 2.05) is 92.1 Å². The number of phenolic OH excluding ortho intramolecular Hbond substituents is 1. The molecule has 4 heteroatoms. The van der Waals surface area contributed by atoms with Crippen molar-refractivity contribution in [3.05, 3.63) is 167 Å². The van der Waals surface area contributed by atoms with E-state index in [0.29, 0.717) is 78.3 Å². The highest BCUT2D eigenvalue weighted by atomic mass is 16.3. The number of hydrogen-bond acceptors (Lipinski definition) is 3. The highest BCUT2D eigenvalue weighted by molar-refractivity contribution is 5.97. The average Bonchev–Trinajstić information content (AvgIpc) is 3.70. The molecular formula is C61H67N3O. The van der Waals surface area contributed by atoms with Gasteiger partial charge in [-0.15, -0.1) is 0 Å². The van der Waals surface area contributed by atoms with E-state index in [-0.39, 0.29) is 39.8 Å². The number of aromatic nitrogens is 3. The van der Waals surface area contributed by atoms with Crippen LogP contribution in [-0.4, -0.2) is 19.6 Å². The standard InChI is InChI=1S/C61H67N3O/c1-37(2)47-22-18-23-48(38(3)4)55(47)42-26-27-53(39(5)30-42)64-54-25-19-24-49(56(54)63-58(64)50-35-46(60(9,10)11)36-51(57(50)65)61(12,13)14)43-31-44(33-45(32-43)59(6,7)8)52-34-41(28-29-62-52)40-20-16-15-17-21-40/h15-38,65H,1-14H3/i5D3,15D,16D,17D,20D,21D,37D,38D. The molecule has 0 unspecified atom stereocenters. The van der Waals surface area contributed by atoms with Gasteiger partial charge in [0.1, 0.15) is 11.6 Å². The maximum atomic E-state index is 12.6. The maximum Gasteiger partial charge on any atom is 0.149 e. The summed E-state index contributed by atoms with van der Waals surface area (Å²) in [5, 5.41) is 12.6. The summed E-state index contributed by atoms with van der Waals surface area (Å²) in [7, 11) is 0. The van der Waals surface area contributed by atoms with E-state index in [0.717, 1.165) is 16.7 Å². The third-order valence-corrected chi connectivity index (χ3v) is 12.3. The lowest BCUT2D eigenvalue weighted by Gasteiger charge is -2.27. The Hall–Kier alpha value is -6.26. The molecule has 0 radical (unpaired) electrons. The van der Waals surface area contributed by atoms with Crippen LogP contribution in [0.2, 0.25) is 0 Å². The molecule has 0 aliphatic heterocycles. The second-order valence-electron chi connectivity index (χ2n) is 20.8. The van der Waals surface area contributed by atoms with Gasteiger partial charge >= 0.3 is 0 Å². The summed E-state index contributed by atoms with van der Waals surface area (Å²) < 4.78 is 90.2. The number of rotatable bonds is 8. The van der Waals surface area contributed by atoms with E-state index in [1.54, 1.807) is 58.2 Å². The summed E-state index contributed by atoms with van der Waals surface area (Å²) in [5.41, 5.74) is 8.94. The van der Waals surface area contributed by atoms with Gasteiger partial charge in [0.05, 0.1) is 34.8 Å². The maximum absolute atomic E-state index is 12.6. The SMILES string of the molecule is [2H]c1c([2H])c([2H])c(-c2ccnc(-c3cc(-c4cccc5c4nc(-c4cc(C(C)(C)C)cc(C(C)(C)C)c4O)n5-c4ccc(-c5c(C([2H])(C)C)cccc5C([2H])(C)C)cc4C([2H])([2H])[2H])cc(C(C)(C)C)c3)c2)c([2H])c1[2H]. The monoisotopic (exact) mass is 868 g/mol. The highest BCUT2D eigenvalue weighted by Gasteiger charge is 2.29. The second kappa shape index (κ2) is 16.9. The van der Waals surface area contributed by atoms with Gasteiger partial charge in [0.2, 0.25) is 0 Å². The van der Waals surface area contributed by atoms with Crippen LogP contribution in [0.1, 0.15) is 149 Å². The molecule has 332 valence electrons. The molecule has 0 aliphatic rings. The first-order valence-corrected chi connectivity index (χ1v) is 22.4. The Morgan fingerprint density at radius 3 is 1.89 bits per heavy atom. The molecular weight excluding hydrogens is 791 g/mol. The van der Waals surface area contributed by atoms with Crippen molar-refractivity contribution in [2.24, 2.45) is 0 Å². The minimum atomic E-state index is -2.68. The van der Waals surface area contributed by atoms with Crippen molar-refractivity contribution in [2.75, 3.05) is 0 Å². The van der Waals surface area contributed by atoms with Crippen LogP contribution < -0.4 is 0 Å². The number of benzene rings is 6. The van der Waals surface area contributed by atoms with Gasteiger partial charge < -0.3 is 5.11 Å². The number of fused-ring (bicyclic) bond motifs is 1. The topological polar surface area (TPSA) is 50.9 Å². The zero-order valence-electron chi connectivity index (χ0n) is 50.1. The second-order valence-corrected chi connectivity index (χ2v) is 20.8. The van der Waals surface area contributed by atoms with Crippen LogP contribution in [0.5, 0.6) is 5.75 Å². The molecule has 0 amide bonds. The van der Waals surface area contributed by atoms with Gasteiger partial charge in [-0.1, -0.05) is 169 Å². The van der Waals surface area contributed by atoms with E-state index >= 15 is 0 Å². The predicted molar refractivity (Wildman–Crippen MR) is 277 cm³/mol. The van der Waals surface area contributed by atoms with Crippen molar-refractivity contribution in [2.45, 2.75) is 125 Å². The van der Waals surface area contributed by atoms with E-state index in [9.17, 15) is 12.0 Å². The van der Waals surface area contributed by atoms with Crippen LogP contribution in [0.25, 0.3) is 72.7 Å². The fraction of sp³-hybridized carbons (Fsp3) is 0.311. The summed E-state index contributed by atoms with van der Waals surface area (Å²) in [5.74, 6) is -1.83. The van der Waals surface area contributed by atoms with Gasteiger partial charge in [0.15, 0.2) is 0 Å². The molecule has 8 aromatic rings. The smallest absolute Gasteiger partial charge is 0.149 e. The van der Waals surface area contributed by atoms with Gasteiger partial charge in [-0.3, -0.25) is 9.55 Å². The Morgan fingerprint density at radius 2 is 1.26 bits per heavy atom. The van der Waals surface area contributed by atoms with Crippen molar-refractivity contribution in [1.82, 2.24) is 14.5 Å². The number of para-hydroxylation sites is 1. The van der Waals surface area contributed by atoms with Crippen molar-refractivity contribution in [1.29, 1.82) is 0 Å². The lowest BCUT2D eigenvalue weighted by atomic mass is 9.79. The summed E-state index contributed by atoms with van der Waals surface area (Å²) >= 11 is 0. The van der Waals surface area contributed by atoms with Gasteiger partial charge in [-0.05, 0) is 139 Å². The first-order valence-electron chi connectivity index (χ1n) is 27.4. The van der Waals surface area contributed by atoms with Crippen LogP contribution in [0.3, 0.4) is 0 Å². The number of aromatic hydroxyl groups is 1. The third kappa shape index (κ3) is 8.80. The minimum absolute atomic E-state index is 0.0156. The predicted octanol–water partition coefficient (Wildman–Crippen LogP) is 16.9. The highest BCUT2D eigenvalue weighted by Crippen LogP contribution is 2.46. The summed E-state index contributed by atoms with van der Waals surface area (Å²) in [4.78, 5) is 10.3. The van der Waals surface area contributed by atoms with E-state index < -0.39 is 42.2 Å². The lowest BCUT2D eigenvalue weighted by Crippen LogP contribution is -2.17. The van der Waals surface area contributed by atoms with E-state index in [1.165, 1.54) is 0 Å². The molecule has 65 heavy (non-hydrogen) atoms. The molecule has 0 aliphatic carbocycles.